The molecule has 21 heavy (non-hydrogen) atoms. The summed E-state index contributed by atoms with van der Waals surface area (Å²) in [5.41, 5.74) is 1.64. The number of carbonyl (C=O) groups is 2. The molecule has 2 heteroatoms. The number of rotatable bonds is 0. The molecular weight excluding hydrogens is 260 g/mol. The first kappa shape index (κ1) is 13.7. The van der Waals surface area contributed by atoms with Crippen molar-refractivity contribution in [3.63, 3.8) is 0 Å². The lowest BCUT2D eigenvalue weighted by molar-refractivity contribution is -0.132. The largest absolute Gasteiger partial charge is 0.299 e. The Morgan fingerprint density at radius 1 is 0.905 bits per heavy atom. The Morgan fingerprint density at radius 3 is 2.48 bits per heavy atom. The molecule has 0 saturated heterocycles. The van der Waals surface area contributed by atoms with Gasteiger partial charge in [0.15, 0.2) is 5.78 Å². The third-order valence-corrected chi connectivity index (χ3v) is 7.67. The van der Waals surface area contributed by atoms with Crippen LogP contribution >= 0.6 is 0 Å². The fraction of sp³-hybridized carbons (Fsp3) is 0.789. The van der Waals surface area contributed by atoms with E-state index in [0.717, 1.165) is 38.5 Å². The average Bonchev–Trinajstić information content (AvgIpc) is 2.76. The van der Waals surface area contributed by atoms with Gasteiger partial charge in [-0.15, -0.1) is 0 Å². The minimum atomic E-state index is -0.0246. The molecule has 4 aliphatic carbocycles. The molecule has 0 bridgehead atoms. The number of Topliss-reactive ketones (excluding diaryl/α,β-unsaturated/α-hetero) is 1. The van der Waals surface area contributed by atoms with Crippen LogP contribution in [0.4, 0.5) is 0 Å². The topological polar surface area (TPSA) is 34.1 Å². The van der Waals surface area contributed by atoms with Gasteiger partial charge in [-0.25, -0.2) is 0 Å². The van der Waals surface area contributed by atoms with Crippen LogP contribution in [-0.2, 0) is 9.59 Å². The van der Waals surface area contributed by atoms with Crippen LogP contribution in [0.2, 0.25) is 0 Å². The first-order valence-electron chi connectivity index (χ1n) is 8.72. The molecule has 0 aromatic rings. The molecule has 0 unspecified atom stereocenters. The number of ketones is 2. The summed E-state index contributed by atoms with van der Waals surface area (Å²) in [7, 11) is 0. The minimum Gasteiger partial charge on any atom is -0.299 e. The molecule has 0 N–H and O–H groups in total. The zero-order valence-electron chi connectivity index (χ0n) is 13.3. The van der Waals surface area contributed by atoms with E-state index < -0.39 is 0 Å². The van der Waals surface area contributed by atoms with Gasteiger partial charge in [0.2, 0.25) is 0 Å². The second-order valence-corrected chi connectivity index (χ2v) is 8.39. The van der Waals surface area contributed by atoms with Crippen molar-refractivity contribution in [2.24, 2.45) is 28.6 Å². The van der Waals surface area contributed by atoms with Gasteiger partial charge in [-0.1, -0.05) is 19.4 Å². The fourth-order valence-electron chi connectivity index (χ4n) is 6.33. The van der Waals surface area contributed by atoms with Crippen molar-refractivity contribution >= 4 is 11.6 Å². The van der Waals surface area contributed by atoms with Crippen molar-refractivity contribution in [1.82, 2.24) is 0 Å². The van der Waals surface area contributed by atoms with Crippen LogP contribution in [0.1, 0.15) is 65.2 Å². The normalized spacial score (nSPS) is 49.2. The van der Waals surface area contributed by atoms with Crippen LogP contribution in [0.15, 0.2) is 11.6 Å². The SMILES string of the molecule is C[C@]12CCC(=O)C=C1CC[C@@H]1[C@H]2CC[C@]2(C)C(=O)CC[C@H]12. The molecule has 0 aromatic carbocycles. The molecule has 2 nitrogen and oxygen atoms in total. The maximum Gasteiger partial charge on any atom is 0.155 e. The van der Waals surface area contributed by atoms with Crippen LogP contribution in [0.25, 0.3) is 0 Å². The van der Waals surface area contributed by atoms with Crippen molar-refractivity contribution in [3.8, 4) is 0 Å². The maximum absolute atomic E-state index is 12.4. The maximum atomic E-state index is 12.4. The molecule has 0 amide bonds. The van der Waals surface area contributed by atoms with Crippen molar-refractivity contribution in [2.75, 3.05) is 0 Å². The summed E-state index contributed by atoms with van der Waals surface area (Å²) in [6.07, 6.45) is 10.2. The van der Waals surface area contributed by atoms with Gasteiger partial charge in [-0.2, -0.15) is 0 Å². The zero-order valence-corrected chi connectivity index (χ0v) is 13.3. The van der Waals surface area contributed by atoms with E-state index in [1.165, 1.54) is 18.4 Å². The van der Waals surface area contributed by atoms with Gasteiger partial charge in [0.25, 0.3) is 0 Å². The van der Waals surface area contributed by atoms with E-state index in [1.54, 1.807) is 0 Å². The van der Waals surface area contributed by atoms with Crippen molar-refractivity contribution in [1.29, 1.82) is 0 Å². The molecule has 0 radical (unpaired) electrons. The molecule has 0 aromatic heterocycles. The number of allylic oxidation sites excluding steroid dienone is 1. The van der Waals surface area contributed by atoms with Crippen molar-refractivity contribution < 1.29 is 9.59 Å². The van der Waals surface area contributed by atoms with Gasteiger partial charge in [0.05, 0.1) is 0 Å². The number of hydrogen-bond acceptors (Lipinski definition) is 2. The summed E-state index contributed by atoms with van der Waals surface area (Å²) < 4.78 is 0. The van der Waals surface area contributed by atoms with Gasteiger partial charge in [-0.05, 0) is 67.8 Å². The van der Waals surface area contributed by atoms with Gasteiger partial charge >= 0.3 is 0 Å². The monoisotopic (exact) mass is 286 g/mol. The highest BCUT2D eigenvalue weighted by molar-refractivity contribution is 5.91. The van der Waals surface area contributed by atoms with E-state index in [-0.39, 0.29) is 10.8 Å². The Labute approximate surface area is 127 Å². The fourth-order valence-corrected chi connectivity index (χ4v) is 6.33. The van der Waals surface area contributed by atoms with Crippen molar-refractivity contribution in [2.45, 2.75) is 65.2 Å². The highest BCUT2D eigenvalue weighted by atomic mass is 16.1. The van der Waals surface area contributed by atoms with Gasteiger partial charge in [0.1, 0.15) is 5.78 Å². The number of carbonyl (C=O) groups excluding carboxylic acids is 2. The lowest BCUT2D eigenvalue weighted by Crippen LogP contribution is -2.50. The summed E-state index contributed by atoms with van der Waals surface area (Å²) in [4.78, 5) is 24.1. The molecule has 0 aliphatic heterocycles. The van der Waals surface area contributed by atoms with Crippen LogP contribution in [0.5, 0.6) is 0 Å². The Hall–Kier alpha value is -0.920. The van der Waals surface area contributed by atoms with E-state index in [9.17, 15) is 9.59 Å². The molecule has 0 heterocycles. The highest BCUT2D eigenvalue weighted by Gasteiger charge is 2.58. The van der Waals surface area contributed by atoms with E-state index in [0.29, 0.717) is 29.3 Å². The van der Waals surface area contributed by atoms with Gasteiger partial charge in [-0.3, -0.25) is 9.59 Å². The summed E-state index contributed by atoms with van der Waals surface area (Å²) in [5.74, 6) is 2.88. The molecule has 0 spiro atoms. The van der Waals surface area contributed by atoms with Crippen molar-refractivity contribution in [3.05, 3.63) is 11.6 Å². The Balaban J connectivity index is 1.70. The predicted molar refractivity (Wildman–Crippen MR) is 81.7 cm³/mol. The molecule has 4 aliphatic rings. The minimum absolute atomic E-state index is 0.0246. The quantitative estimate of drug-likeness (QED) is 0.672. The molecular formula is C19H26O2. The second-order valence-electron chi connectivity index (χ2n) is 8.39. The third kappa shape index (κ3) is 1.71. The second kappa shape index (κ2) is 4.30. The predicted octanol–water partition coefficient (Wildman–Crippen LogP) is 4.09. The Kier molecular flexibility index (Phi) is 2.81. The standard InChI is InChI=1S/C19H26O2/c1-18-9-7-13(20)11-12(18)3-4-14-15-5-6-17(21)19(15,2)10-8-16(14)18/h11,14-16H,3-10H2,1-2H3/t14-,15+,16+,18-,19-/m0/s1. The molecule has 4 rings (SSSR count). The van der Waals surface area contributed by atoms with Crippen LogP contribution < -0.4 is 0 Å². The average molecular weight is 286 g/mol. The zero-order chi connectivity index (χ0) is 14.8. The van der Waals surface area contributed by atoms with E-state index >= 15 is 0 Å². The van der Waals surface area contributed by atoms with Crippen LogP contribution in [0.3, 0.4) is 0 Å². The van der Waals surface area contributed by atoms with Gasteiger partial charge in [0, 0.05) is 18.3 Å². The van der Waals surface area contributed by atoms with Gasteiger partial charge < -0.3 is 0 Å². The van der Waals surface area contributed by atoms with Crippen LogP contribution in [-0.4, -0.2) is 11.6 Å². The van der Waals surface area contributed by atoms with Crippen LogP contribution in [0, 0.1) is 28.6 Å². The Bertz CT molecular complexity index is 546. The summed E-state index contributed by atoms with van der Waals surface area (Å²) in [6, 6.07) is 0. The third-order valence-electron chi connectivity index (χ3n) is 7.67. The summed E-state index contributed by atoms with van der Waals surface area (Å²) in [6.45, 7) is 4.64. The Morgan fingerprint density at radius 2 is 1.67 bits per heavy atom. The molecule has 3 fully saturated rings. The van der Waals surface area contributed by atoms with E-state index in [1.807, 2.05) is 6.08 Å². The first-order valence-corrected chi connectivity index (χ1v) is 8.72. The number of fused-ring (bicyclic) bond motifs is 5. The van der Waals surface area contributed by atoms with E-state index in [2.05, 4.69) is 13.8 Å². The summed E-state index contributed by atoms with van der Waals surface area (Å²) in [5, 5.41) is 0. The lowest BCUT2D eigenvalue weighted by Gasteiger charge is -2.56. The smallest absolute Gasteiger partial charge is 0.155 e. The van der Waals surface area contributed by atoms with E-state index in [4.69, 9.17) is 0 Å². The molecule has 5 atom stereocenters. The molecule has 3 saturated carbocycles. The number of hydrogen-bond donors (Lipinski definition) is 0. The highest BCUT2D eigenvalue weighted by Crippen LogP contribution is 2.64. The lowest BCUT2D eigenvalue weighted by atomic mass is 9.47. The first-order chi connectivity index (χ1) is 9.95. The molecule has 114 valence electrons. The summed E-state index contributed by atoms with van der Waals surface area (Å²) >= 11 is 0.